The molecule has 4 rings (SSSR count). The maximum absolute atomic E-state index is 12.3. The predicted octanol–water partition coefficient (Wildman–Crippen LogP) is 2.45. The molecule has 1 fully saturated rings. The summed E-state index contributed by atoms with van der Waals surface area (Å²) in [6.07, 6.45) is 1.17. The number of nitrogens with zero attached hydrogens (tertiary/aromatic N) is 2. The maximum atomic E-state index is 12.3. The van der Waals surface area contributed by atoms with Gasteiger partial charge in [0.05, 0.1) is 0 Å². The fraction of sp³-hybridized carbons (Fsp3) is 0.435. The van der Waals surface area contributed by atoms with Gasteiger partial charge in [0, 0.05) is 45.2 Å². The summed E-state index contributed by atoms with van der Waals surface area (Å²) in [5.74, 6) is 1.64. The summed E-state index contributed by atoms with van der Waals surface area (Å²) >= 11 is 0. The van der Waals surface area contributed by atoms with E-state index >= 15 is 0 Å². The number of likely N-dealkylation sites (N-methyl/N-ethyl adjacent to an activating group) is 1. The highest BCUT2D eigenvalue weighted by atomic mass is 16.7. The molecule has 0 bridgehead atoms. The first kappa shape index (κ1) is 19.7. The molecule has 0 aliphatic carbocycles. The zero-order chi connectivity index (χ0) is 20.1. The largest absolute Gasteiger partial charge is 0.454 e. The van der Waals surface area contributed by atoms with E-state index in [1.165, 1.54) is 5.56 Å². The van der Waals surface area contributed by atoms with E-state index in [4.69, 9.17) is 9.47 Å². The average molecular weight is 396 g/mol. The van der Waals surface area contributed by atoms with Crippen LogP contribution in [0.5, 0.6) is 11.5 Å². The summed E-state index contributed by atoms with van der Waals surface area (Å²) in [6.45, 7) is 4.90. The van der Waals surface area contributed by atoms with Gasteiger partial charge in [0.1, 0.15) is 0 Å². The molecule has 2 aromatic rings. The third-order valence-corrected chi connectivity index (χ3v) is 5.68. The smallest absolute Gasteiger partial charge is 0.231 e. The molecule has 1 atom stereocenters. The molecule has 0 spiro atoms. The Morgan fingerprint density at radius 1 is 1.10 bits per heavy atom. The fourth-order valence-electron chi connectivity index (χ4n) is 4.00. The molecule has 2 heterocycles. The van der Waals surface area contributed by atoms with E-state index in [0.29, 0.717) is 25.4 Å². The molecule has 1 amide bonds. The third kappa shape index (κ3) is 5.08. The highest BCUT2D eigenvalue weighted by Gasteiger charge is 2.26. The standard InChI is InChI=1S/C23H29N3O3/c1-25-13-14-26(20(16-25)19-5-3-2-4-6-19)12-11-24-23(27)10-8-18-7-9-21-22(15-18)29-17-28-21/h2-7,9,15,20H,8,10-14,16-17H2,1H3,(H,24,27)/t20-/m0/s1. The second kappa shape index (κ2) is 9.29. The molecule has 6 nitrogen and oxygen atoms in total. The average Bonchev–Trinajstić information content (AvgIpc) is 3.22. The van der Waals surface area contributed by atoms with E-state index in [0.717, 1.165) is 43.2 Å². The van der Waals surface area contributed by atoms with Crippen LogP contribution in [0.3, 0.4) is 0 Å². The number of aryl methyl sites for hydroxylation is 1. The van der Waals surface area contributed by atoms with Crippen molar-refractivity contribution in [2.45, 2.75) is 18.9 Å². The Kier molecular flexibility index (Phi) is 6.32. The summed E-state index contributed by atoms with van der Waals surface area (Å²) in [6, 6.07) is 16.9. The number of nitrogens with one attached hydrogen (secondary N) is 1. The van der Waals surface area contributed by atoms with Gasteiger partial charge in [0.2, 0.25) is 12.7 Å². The Morgan fingerprint density at radius 3 is 2.79 bits per heavy atom. The van der Waals surface area contributed by atoms with Crippen molar-refractivity contribution in [3.8, 4) is 11.5 Å². The van der Waals surface area contributed by atoms with Gasteiger partial charge in [0.15, 0.2) is 11.5 Å². The van der Waals surface area contributed by atoms with Crippen LogP contribution in [0.4, 0.5) is 0 Å². The van der Waals surface area contributed by atoms with Gasteiger partial charge in [-0.1, -0.05) is 36.4 Å². The van der Waals surface area contributed by atoms with Crippen LogP contribution in [0.25, 0.3) is 0 Å². The Labute approximate surface area is 172 Å². The first-order valence-electron chi connectivity index (χ1n) is 10.3. The van der Waals surface area contributed by atoms with Gasteiger partial charge in [-0.2, -0.15) is 0 Å². The number of rotatable bonds is 7. The van der Waals surface area contributed by atoms with Crippen LogP contribution in [0.1, 0.15) is 23.6 Å². The van der Waals surface area contributed by atoms with Crippen molar-refractivity contribution in [2.75, 3.05) is 46.6 Å². The first-order valence-corrected chi connectivity index (χ1v) is 10.3. The van der Waals surface area contributed by atoms with Crippen molar-refractivity contribution in [1.29, 1.82) is 0 Å². The summed E-state index contributed by atoms with van der Waals surface area (Å²) in [7, 11) is 2.17. The van der Waals surface area contributed by atoms with Gasteiger partial charge in [0.25, 0.3) is 0 Å². The van der Waals surface area contributed by atoms with Gasteiger partial charge < -0.3 is 19.7 Å². The van der Waals surface area contributed by atoms with E-state index in [9.17, 15) is 4.79 Å². The molecule has 0 unspecified atom stereocenters. The quantitative estimate of drug-likeness (QED) is 0.781. The minimum atomic E-state index is 0.0908. The van der Waals surface area contributed by atoms with E-state index in [2.05, 4.69) is 52.5 Å². The third-order valence-electron chi connectivity index (χ3n) is 5.68. The number of hydrogen-bond acceptors (Lipinski definition) is 5. The Morgan fingerprint density at radius 2 is 1.93 bits per heavy atom. The lowest BCUT2D eigenvalue weighted by molar-refractivity contribution is -0.121. The lowest BCUT2D eigenvalue weighted by atomic mass is 10.0. The predicted molar refractivity (Wildman–Crippen MR) is 112 cm³/mol. The van der Waals surface area contributed by atoms with Crippen LogP contribution in [0.15, 0.2) is 48.5 Å². The van der Waals surface area contributed by atoms with E-state index in [1.54, 1.807) is 0 Å². The van der Waals surface area contributed by atoms with Gasteiger partial charge in [-0.15, -0.1) is 0 Å². The molecule has 0 radical (unpaired) electrons. The fourth-order valence-corrected chi connectivity index (χ4v) is 4.00. The normalized spacial score (nSPS) is 19.3. The van der Waals surface area contributed by atoms with Crippen LogP contribution in [0, 0.1) is 0 Å². The lowest BCUT2D eigenvalue weighted by Gasteiger charge is -2.40. The van der Waals surface area contributed by atoms with E-state index in [-0.39, 0.29) is 12.7 Å². The minimum Gasteiger partial charge on any atom is -0.454 e. The summed E-state index contributed by atoms with van der Waals surface area (Å²) in [4.78, 5) is 17.2. The Bertz CT molecular complexity index is 827. The lowest BCUT2D eigenvalue weighted by Crippen LogP contribution is -2.49. The van der Waals surface area contributed by atoms with Crippen molar-refractivity contribution in [1.82, 2.24) is 15.1 Å². The van der Waals surface area contributed by atoms with Gasteiger partial charge >= 0.3 is 0 Å². The van der Waals surface area contributed by atoms with Crippen LogP contribution in [0.2, 0.25) is 0 Å². The molecule has 1 saturated heterocycles. The number of benzene rings is 2. The van der Waals surface area contributed by atoms with Crippen LogP contribution in [-0.2, 0) is 11.2 Å². The maximum Gasteiger partial charge on any atom is 0.231 e. The molecule has 2 aromatic carbocycles. The molecular formula is C23H29N3O3. The number of amides is 1. The highest BCUT2D eigenvalue weighted by molar-refractivity contribution is 5.76. The van der Waals surface area contributed by atoms with Crippen molar-refractivity contribution in [2.24, 2.45) is 0 Å². The van der Waals surface area contributed by atoms with Crippen LogP contribution < -0.4 is 14.8 Å². The molecule has 2 aliphatic heterocycles. The number of ether oxygens (including phenoxy) is 2. The first-order chi connectivity index (χ1) is 14.2. The zero-order valence-corrected chi connectivity index (χ0v) is 17.0. The zero-order valence-electron chi connectivity index (χ0n) is 17.0. The molecule has 6 heteroatoms. The number of hydrogen-bond donors (Lipinski definition) is 1. The summed E-state index contributed by atoms with van der Waals surface area (Å²) in [5.41, 5.74) is 2.43. The van der Waals surface area contributed by atoms with Gasteiger partial charge in [-0.25, -0.2) is 0 Å². The topological polar surface area (TPSA) is 54.0 Å². The molecular weight excluding hydrogens is 366 g/mol. The second-order valence-electron chi connectivity index (χ2n) is 7.76. The van der Waals surface area contributed by atoms with E-state index < -0.39 is 0 Å². The number of piperazine rings is 1. The molecule has 1 N–H and O–H groups in total. The van der Waals surface area contributed by atoms with Gasteiger partial charge in [-0.3, -0.25) is 9.69 Å². The molecule has 154 valence electrons. The Balaban J connectivity index is 1.24. The number of carbonyl (C=O) groups excluding carboxylic acids is 1. The Hall–Kier alpha value is -2.57. The van der Waals surface area contributed by atoms with Crippen molar-refractivity contribution in [3.05, 3.63) is 59.7 Å². The SMILES string of the molecule is CN1CCN(CCNC(=O)CCc2ccc3c(c2)OCO3)[C@H](c2ccccc2)C1. The van der Waals surface area contributed by atoms with Crippen LogP contribution >= 0.6 is 0 Å². The number of carbonyl (C=O) groups is 1. The second-order valence-corrected chi connectivity index (χ2v) is 7.76. The molecule has 0 aromatic heterocycles. The van der Waals surface area contributed by atoms with Crippen molar-refractivity contribution in [3.63, 3.8) is 0 Å². The highest BCUT2D eigenvalue weighted by Crippen LogP contribution is 2.32. The molecule has 0 saturated carbocycles. The molecule has 2 aliphatic rings. The minimum absolute atomic E-state index is 0.0908. The number of fused-ring (bicyclic) bond motifs is 1. The monoisotopic (exact) mass is 395 g/mol. The van der Waals surface area contributed by atoms with Crippen molar-refractivity contribution >= 4 is 5.91 Å². The van der Waals surface area contributed by atoms with E-state index in [1.807, 2.05) is 18.2 Å². The summed E-state index contributed by atoms with van der Waals surface area (Å²) < 4.78 is 10.7. The van der Waals surface area contributed by atoms with Gasteiger partial charge in [-0.05, 0) is 36.7 Å². The van der Waals surface area contributed by atoms with Crippen LogP contribution in [-0.4, -0.2) is 62.3 Å². The molecule has 29 heavy (non-hydrogen) atoms. The van der Waals surface area contributed by atoms with Crippen molar-refractivity contribution < 1.29 is 14.3 Å². The summed E-state index contributed by atoms with van der Waals surface area (Å²) in [5, 5.41) is 3.09.